The monoisotopic (exact) mass is 893 g/mol. The predicted molar refractivity (Wildman–Crippen MR) is 241 cm³/mol. The number of H-pyrrole nitrogens is 2. The number of pyridine rings is 1. The predicted octanol–water partition coefficient (Wildman–Crippen LogP) is 6.77. The first-order valence-corrected chi connectivity index (χ1v) is 23.3. The van der Waals surface area contributed by atoms with Crippen LogP contribution in [0.1, 0.15) is 75.1 Å². The van der Waals surface area contributed by atoms with Gasteiger partial charge in [-0.1, -0.05) is 24.3 Å². The minimum absolute atomic E-state index is 0.0949. The molecule has 340 valence electrons. The molecule has 4 saturated heterocycles. The molecule has 4 amide bonds. The average molecular weight is 894 g/mol. The molecule has 6 N–H and O–H groups in total. The zero-order chi connectivity index (χ0) is 44.8. The van der Waals surface area contributed by atoms with Gasteiger partial charge in [-0.15, -0.1) is 0 Å². The van der Waals surface area contributed by atoms with Crippen molar-refractivity contribution in [3.8, 4) is 22.4 Å². The van der Waals surface area contributed by atoms with Crippen LogP contribution < -0.4 is 10.6 Å². The number of likely N-dealkylation sites (tertiary alicyclic amines) is 2. The van der Waals surface area contributed by atoms with E-state index in [2.05, 4.69) is 50.9 Å². The molecule has 17 nitrogen and oxygen atoms in total. The van der Waals surface area contributed by atoms with Crippen LogP contribution in [0.5, 0.6) is 0 Å². The van der Waals surface area contributed by atoms with Crippen molar-refractivity contribution in [2.75, 3.05) is 26.4 Å². The molecule has 8 atom stereocenters. The number of ether oxygens (including phenoxy) is 2. The van der Waals surface area contributed by atoms with E-state index in [4.69, 9.17) is 24.4 Å². The molecule has 2 aliphatic carbocycles. The van der Waals surface area contributed by atoms with Gasteiger partial charge in [-0.2, -0.15) is 0 Å². The van der Waals surface area contributed by atoms with E-state index in [0.717, 1.165) is 86.9 Å². The van der Waals surface area contributed by atoms with Gasteiger partial charge in [0.1, 0.15) is 23.7 Å². The lowest BCUT2D eigenvalue weighted by Crippen LogP contribution is -2.53. The first-order chi connectivity index (χ1) is 32.1. The maximum Gasteiger partial charge on any atom is 0.405 e. The van der Waals surface area contributed by atoms with Gasteiger partial charge in [-0.05, 0) is 129 Å². The standard InChI is InChI=1S/C49H51N9O8/c59-46(42(55-48(61)62)24-9-13-65-14-10-24)57-38-20-30(38)22-40(57)44-51-34-7-2-27(18-36(34)53-44)26-1-5-32-28(17-26)3-6-33(50-32)29-4-8-35-37(19-29)54-45(52-35)41-23-31-21-39(31)58(41)47(60)43(56-49(63)64)25-11-15-66-16-12-25/h1-8,17-19,24-25,30-31,38-43,55-56H,9-16,20-23H2,(H,51,53)(H,52,54)(H,61,62)(H,63,64)/t30-,31-,38?,39?,40+,41+,42-,43-/m1/s1. The van der Waals surface area contributed by atoms with E-state index < -0.39 is 24.3 Å². The molecular formula is C49H51N9O8. The van der Waals surface area contributed by atoms with Gasteiger partial charge in [0.25, 0.3) is 0 Å². The average Bonchev–Trinajstić information content (AvgIpc) is 3.99. The van der Waals surface area contributed by atoms with Crippen LogP contribution in [-0.2, 0) is 19.1 Å². The van der Waals surface area contributed by atoms with Crippen LogP contribution in [0.4, 0.5) is 9.59 Å². The summed E-state index contributed by atoms with van der Waals surface area (Å²) < 4.78 is 11.0. The SMILES string of the molecule is O=C(O)N[C@@H](C(=O)N1C2C[C@@H]2C[C@H]1c1nc2cc(-c3ccc4nc(-c5ccc6[nH]c([C@@H]7C[C@H]8CC8N7C(=O)[C@H](NC(=O)O)C7CCOCC7)nc6c5)ccc4c3)ccc2[nH]1)C1CCOCC1. The Balaban J connectivity index is 0.767. The van der Waals surface area contributed by atoms with Gasteiger partial charge in [0.15, 0.2) is 0 Å². The minimum atomic E-state index is -1.20. The fourth-order valence-electron chi connectivity index (χ4n) is 11.7. The normalized spacial score (nSPS) is 26.0. The zero-order valence-electron chi connectivity index (χ0n) is 36.2. The third kappa shape index (κ3) is 7.37. The molecule has 66 heavy (non-hydrogen) atoms. The van der Waals surface area contributed by atoms with E-state index in [1.165, 1.54) is 0 Å². The van der Waals surface area contributed by atoms with Crippen LogP contribution in [0.25, 0.3) is 55.4 Å². The Morgan fingerprint density at radius 1 is 0.576 bits per heavy atom. The molecule has 6 aromatic rings. The van der Waals surface area contributed by atoms with Gasteiger partial charge in [-0.3, -0.25) is 9.59 Å². The summed E-state index contributed by atoms with van der Waals surface area (Å²) in [5, 5.41) is 25.4. The van der Waals surface area contributed by atoms with Crippen molar-refractivity contribution in [1.29, 1.82) is 0 Å². The zero-order valence-corrected chi connectivity index (χ0v) is 36.2. The number of nitrogens with one attached hydrogen (secondary N) is 4. The lowest BCUT2D eigenvalue weighted by molar-refractivity contribution is -0.138. The Kier molecular flexibility index (Phi) is 9.96. The summed E-state index contributed by atoms with van der Waals surface area (Å²) in [4.78, 5) is 77.9. The number of benzene rings is 3. The van der Waals surface area contributed by atoms with Gasteiger partial charge in [0.2, 0.25) is 11.8 Å². The highest BCUT2D eigenvalue weighted by atomic mass is 16.5. The first-order valence-electron chi connectivity index (χ1n) is 23.3. The number of amides is 4. The Morgan fingerprint density at radius 3 is 1.59 bits per heavy atom. The van der Waals surface area contributed by atoms with Crippen molar-refractivity contribution in [3.63, 3.8) is 0 Å². The molecule has 6 fully saturated rings. The van der Waals surface area contributed by atoms with Crippen molar-refractivity contribution >= 4 is 57.0 Å². The number of carboxylic acid groups (broad SMARTS) is 2. The van der Waals surface area contributed by atoms with Gasteiger partial charge < -0.3 is 50.1 Å². The van der Waals surface area contributed by atoms with Crippen molar-refractivity contribution in [2.24, 2.45) is 23.7 Å². The Morgan fingerprint density at radius 2 is 1.06 bits per heavy atom. The van der Waals surface area contributed by atoms with E-state index in [1.54, 1.807) is 0 Å². The summed E-state index contributed by atoms with van der Waals surface area (Å²) in [5.74, 6) is 1.63. The van der Waals surface area contributed by atoms with E-state index in [0.29, 0.717) is 69.8 Å². The number of hydrogen-bond donors (Lipinski definition) is 6. The number of carbonyl (C=O) groups is 4. The molecule has 4 aliphatic heterocycles. The second-order valence-corrected chi connectivity index (χ2v) is 19.2. The van der Waals surface area contributed by atoms with Crippen molar-refractivity contribution in [1.82, 2.24) is 45.4 Å². The van der Waals surface area contributed by atoms with Gasteiger partial charge in [-0.25, -0.2) is 24.5 Å². The van der Waals surface area contributed by atoms with Gasteiger partial charge >= 0.3 is 12.2 Å². The van der Waals surface area contributed by atoms with E-state index in [-0.39, 0.29) is 47.8 Å². The molecular weight excluding hydrogens is 843 g/mol. The Hall–Kier alpha value is -6.59. The molecule has 7 heterocycles. The summed E-state index contributed by atoms with van der Waals surface area (Å²) in [6, 6.07) is 20.5. The van der Waals surface area contributed by atoms with Crippen LogP contribution in [0.2, 0.25) is 0 Å². The third-order valence-electron chi connectivity index (χ3n) is 15.2. The van der Waals surface area contributed by atoms with Crippen LogP contribution in [0.3, 0.4) is 0 Å². The van der Waals surface area contributed by atoms with Crippen molar-refractivity contribution in [3.05, 3.63) is 78.4 Å². The molecule has 0 radical (unpaired) electrons. The van der Waals surface area contributed by atoms with Crippen LogP contribution in [0, 0.1) is 23.7 Å². The van der Waals surface area contributed by atoms with Crippen LogP contribution >= 0.6 is 0 Å². The van der Waals surface area contributed by atoms with E-state index in [1.807, 2.05) is 46.2 Å². The Labute approximate surface area is 378 Å². The maximum absolute atomic E-state index is 14.2. The lowest BCUT2D eigenvalue weighted by atomic mass is 9.90. The highest BCUT2D eigenvalue weighted by Crippen LogP contribution is 2.55. The number of fused-ring (bicyclic) bond motifs is 5. The summed E-state index contributed by atoms with van der Waals surface area (Å²) in [7, 11) is 0. The Bertz CT molecular complexity index is 2730. The number of piperidine rings is 2. The number of imidazole rings is 2. The summed E-state index contributed by atoms with van der Waals surface area (Å²) in [6.45, 7) is 2.06. The molecule has 0 bridgehead atoms. The fraction of sp³-hybridized carbons (Fsp3) is 0.449. The van der Waals surface area contributed by atoms with Crippen LogP contribution in [0.15, 0.2) is 66.7 Å². The van der Waals surface area contributed by atoms with Gasteiger partial charge in [0.05, 0.1) is 45.4 Å². The molecule has 6 aliphatic rings. The number of rotatable bonds is 10. The van der Waals surface area contributed by atoms with Crippen LogP contribution in [-0.4, -0.2) is 120 Å². The number of hydrogen-bond acceptors (Lipinski definition) is 9. The quantitative estimate of drug-likeness (QED) is 0.0841. The highest BCUT2D eigenvalue weighted by Gasteiger charge is 2.58. The summed E-state index contributed by atoms with van der Waals surface area (Å²) >= 11 is 0. The summed E-state index contributed by atoms with van der Waals surface area (Å²) in [6.07, 6.45) is 3.58. The summed E-state index contributed by atoms with van der Waals surface area (Å²) in [5.41, 5.74) is 7.87. The van der Waals surface area contributed by atoms with Crippen molar-refractivity contribution < 1.29 is 38.9 Å². The number of aromatic nitrogens is 5. The number of carbonyl (C=O) groups excluding carboxylic acids is 2. The topological polar surface area (TPSA) is 228 Å². The highest BCUT2D eigenvalue weighted by molar-refractivity contribution is 5.91. The smallest absolute Gasteiger partial charge is 0.405 e. The fourth-order valence-corrected chi connectivity index (χ4v) is 11.7. The molecule has 2 unspecified atom stereocenters. The maximum atomic E-state index is 14.2. The molecule has 2 saturated carbocycles. The number of aromatic amines is 2. The number of nitrogens with zero attached hydrogens (tertiary/aromatic N) is 5. The molecule has 3 aromatic carbocycles. The molecule has 17 heteroatoms. The second-order valence-electron chi connectivity index (χ2n) is 19.2. The molecule has 0 spiro atoms. The lowest BCUT2D eigenvalue weighted by Gasteiger charge is -2.35. The van der Waals surface area contributed by atoms with E-state index >= 15 is 0 Å². The largest absolute Gasteiger partial charge is 0.465 e. The first kappa shape index (κ1) is 40.9. The third-order valence-corrected chi connectivity index (χ3v) is 15.2. The minimum Gasteiger partial charge on any atom is -0.465 e. The van der Waals surface area contributed by atoms with E-state index in [9.17, 15) is 29.4 Å². The second kappa shape index (κ2) is 16.1. The molecule has 12 rings (SSSR count). The van der Waals surface area contributed by atoms with Gasteiger partial charge in [0, 0.05) is 49.5 Å². The molecule has 3 aromatic heterocycles. The van der Waals surface area contributed by atoms with Crippen molar-refractivity contribution in [2.45, 2.75) is 87.6 Å².